The van der Waals surface area contributed by atoms with Crippen molar-refractivity contribution >= 4 is 17.3 Å². The second-order valence-corrected chi connectivity index (χ2v) is 6.20. The van der Waals surface area contributed by atoms with E-state index in [9.17, 15) is 4.79 Å². The second-order valence-electron chi connectivity index (χ2n) is 6.20. The molecule has 18 heavy (non-hydrogen) atoms. The zero-order chi connectivity index (χ0) is 12.9. The van der Waals surface area contributed by atoms with Crippen LogP contribution in [-0.4, -0.2) is 18.5 Å². The Morgan fingerprint density at radius 1 is 1.39 bits per heavy atom. The highest BCUT2D eigenvalue weighted by Gasteiger charge is 2.45. The minimum atomic E-state index is -0.0264. The molecule has 1 aromatic rings. The van der Waals surface area contributed by atoms with E-state index in [4.69, 9.17) is 0 Å². The van der Waals surface area contributed by atoms with Crippen LogP contribution in [-0.2, 0) is 4.79 Å². The number of fused-ring (bicyclic) bond motifs is 3. The van der Waals surface area contributed by atoms with Gasteiger partial charge in [0.25, 0.3) is 0 Å². The first-order chi connectivity index (χ1) is 8.49. The maximum atomic E-state index is 12.4. The quantitative estimate of drug-likeness (QED) is 0.761. The van der Waals surface area contributed by atoms with E-state index in [1.54, 1.807) is 0 Å². The van der Waals surface area contributed by atoms with Gasteiger partial charge in [0.1, 0.15) is 6.04 Å². The van der Waals surface area contributed by atoms with Crippen LogP contribution in [0.3, 0.4) is 0 Å². The van der Waals surface area contributed by atoms with Crippen LogP contribution < -0.4 is 10.2 Å². The zero-order valence-electron chi connectivity index (χ0n) is 11.3. The van der Waals surface area contributed by atoms with Crippen LogP contribution in [0, 0.1) is 12.3 Å². The number of carbonyl (C=O) groups excluding carboxylic acids is 1. The zero-order valence-corrected chi connectivity index (χ0v) is 11.3. The fourth-order valence-corrected chi connectivity index (χ4v) is 3.35. The summed E-state index contributed by atoms with van der Waals surface area (Å²) in [4.78, 5) is 14.7. The van der Waals surface area contributed by atoms with Gasteiger partial charge in [-0.1, -0.05) is 19.9 Å². The summed E-state index contributed by atoms with van der Waals surface area (Å²) in [6.07, 6.45) is 2.27. The molecule has 2 aliphatic heterocycles. The van der Waals surface area contributed by atoms with Crippen molar-refractivity contribution < 1.29 is 4.79 Å². The van der Waals surface area contributed by atoms with E-state index in [1.807, 2.05) is 0 Å². The van der Waals surface area contributed by atoms with Crippen LogP contribution in [0.1, 0.15) is 32.3 Å². The minimum Gasteiger partial charge on any atom is -0.357 e. The number of amides is 1. The average Bonchev–Trinajstić information content (AvgIpc) is 2.27. The SMILES string of the molecule is Cc1ccc2c(c1)NC(=O)C1N2CCCC1(C)C. The van der Waals surface area contributed by atoms with Crippen LogP contribution in [0.2, 0.25) is 0 Å². The summed E-state index contributed by atoms with van der Waals surface area (Å²) < 4.78 is 0. The van der Waals surface area contributed by atoms with E-state index >= 15 is 0 Å². The molecular weight excluding hydrogens is 224 g/mol. The summed E-state index contributed by atoms with van der Waals surface area (Å²) in [5.41, 5.74) is 3.38. The molecule has 1 N–H and O–H groups in total. The molecule has 0 spiro atoms. The number of anilines is 2. The summed E-state index contributed by atoms with van der Waals surface area (Å²) in [7, 11) is 0. The van der Waals surface area contributed by atoms with E-state index < -0.39 is 0 Å². The molecule has 3 heteroatoms. The Kier molecular flexibility index (Phi) is 2.40. The van der Waals surface area contributed by atoms with Crippen LogP contribution in [0.5, 0.6) is 0 Å². The second kappa shape index (κ2) is 3.74. The molecule has 1 saturated heterocycles. The summed E-state index contributed by atoms with van der Waals surface area (Å²) in [6, 6.07) is 6.29. The molecule has 1 aromatic carbocycles. The number of nitrogens with zero attached hydrogens (tertiary/aromatic N) is 1. The van der Waals surface area contributed by atoms with Gasteiger partial charge in [0.15, 0.2) is 0 Å². The van der Waals surface area contributed by atoms with Crippen molar-refractivity contribution in [3.8, 4) is 0 Å². The van der Waals surface area contributed by atoms with Crippen molar-refractivity contribution in [3.63, 3.8) is 0 Å². The molecule has 1 atom stereocenters. The van der Waals surface area contributed by atoms with Gasteiger partial charge in [0, 0.05) is 6.54 Å². The number of nitrogens with one attached hydrogen (secondary N) is 1. The molecule has 0 saturated carbocycles. The third kappa shape index (κ3) is 1.61. The number of aryl methyl sites for hydroxylation is 1. The van der Waals surface area contributed by atoms with Crippen molar-refractivity contribution in [1.82, 2.24) is 0 Å². The van der Waals surface area contributed by atoms with E-state index in [-0.39, 0.29) is 17.4 Å². The summed E-state index contributed by atoms with van der Waals surface area (Å²) in [5.74, 6) is 0.151. The van der Waals surface area contributed by atoms with Crippen molar-refractivity contribution in [1.29, 1.82) is 0 Å². The molecule has 1 amide bonds. The highest BCUT2D eigenvalue weighted by atomic mass is 16.2. The molecule has 0 aliphatic carbocycles. The van der Waals surface area contributed by atoms with Crippen LogP contribution >= 0.6 is 0 Å². The molecule has 0 bridgehead atoms. The average molecular weight is 244 g/mol. The predicted octanol–water partition coefficient (Wildman–Crippen LogP) is 2.94. The highest BCUT2D eigenvalue weighted by molar-refractivity contribution is 6.04. The number of hydrogen-bond donors (Lipinski definition) is 1. The predicted molar refractivity (Wildman–Crippen MR) is 74.0 cm³/mol. The monoisotopic (exact) mass is 244 g/mol. The lowest BCUT2D eigenvalue weighted by Crippen LogP contribution is -2.58. The molecule has 3 rings (SSSR count). The van der Waals surface area contributed by atoms with Gasteiger partial charge in [-0.3, -0.25) is 4.79 Å². The Balaban J connectivity index is 2.09. The van der Waals surface area contributed by atoms with Gasteiger partial charge in [-0.2, -0.15) is 0 Å². The Bertz CT molecular complexity index is 507. The van der Waals surface area contributed by atoms with E-state index in [0.717, 1.165) is 25.1 Å². The van der Waals surface area contributed by atoms with Gasteiger partial charge >= 0.3 is 0 Å². The Morgan fingerprint density at radius 2 is 2.17 bits per heavy atom. The van der Waals surface area contributed by atoms with Crippen molar-refractivity contribution in [2.24, 2.45) is 5.41 Å². The highest BCUT2D eigenvalue weighted by Crippen LogP contribution is 2.43. The van der Waals surface area contributed by atoms with Crippen molar-refractivity contribution in [2.75, 3.05) is 16.8 Å². The Hall–Kier alpha value is -1.51. The molecule has 96 valence electrons. The lowest BCUT2D eigenvalue weighted by molar-refractivity contribution is -0.120. The number of benzene rings is 1. The van der Waals surface area contributed by atoms with Gasteiger partial charge in [-0.15, -0.1) is 0 Å². The van der Waals surface area contributed by atoms with E-state index in [1.165, 1.54) is 11.3 Å². The fraction of sp³-hybridized carbons (Fsp3) is 0.533. The number of piperidine rings is 1. The van der Waals surface area contributed by atoms with Gasteiger partial charge in [0.05, 0.1) is 11.4 Å². The summed E-state index contributed by atoms with van der Waals surface area (Å²) in [5, 5.41) is 3.07. The molecule has 1 fully saturated rings. The van der Waals surface area contributed by atoms with Crippen LogP contribution in [0.4, 0.5) is 11.4 Å². The topological polar surface area (TPSA) is 32.3 Å². The normalized spacial score (nSPS) is 25.2. The van der Waals surface area contributed by atoms with Crippen molar-refractivity contribution in [3.05, 3.63) is 23.8 Å². The van der Waals surface area contributed by atoms with Crippen LogP contribution in [0.25, 0.3) is 0 Å². The lowest BCUT2D eigenvalue weighted by atomic mass is 9.75. The first-order valence-electron chi connectivity index (χ1n) is 6.67. The summed E-state index contributed by atoms with van der Waals surface area (Å²) >= 11 is 0. The molecule has 2 heterocycles. The molecule has 0 radical (unpaired) electrons. The smallest absolute Gasteiger partial charge is 0.247 e. The van der Waals surface area contributed by atoms with Gasteiger partial charge < -0.3 is 10.2 Å². The summed E-state index contributed by atoms with van der Waals surface area (Å²) in [6.45, 7) is 7.43. The molecule has 0 aromatic heterocycles. The fourth-order valence-electron chi connectivity index (χ4n) is 3.35. The standard InChI is InChI=1S/C15H20N2O/c1-10-5-6-12-11(9-10)16-14(18)13-15(2,3)7-4-8-17(12)13/h5-6,9,13H,4,7-8H2,1-3H3,(H,16,18). The van der Waals surface area contributed by atoms with Gasteiger partial charge in [-0.25, -0.2) is 0 Å². The largest absolute Gasteiger partial charge is 0.357 e. The first kappa shape index (κ1) is 11.6. The molecule has 2 aliphatic rings. The van der Waals surface area contributed by atoms with Gasteiger partial charge in [0.2, 0.25) is 5.91 Å². The minimum absolute atomic E-state index is 0.0264. The molecule has 1 unspecified atom stereocenters. The van der Waals surface area contributed by atoms with Crippen LogP contribution in [0.15, 0.2) is 18.2 Å². The number of carbonyl (C=O) groups is 1. The molecule has 3 nitrogen and oxygen atoms in total. The first-order valence-corrected chi connectivity index (χ1v) is 6.67. The number of rotatable bonds is 0. The third-order valence-electron chi connectivity index (χ3n) is 4.24. The third-order valence-corrected chi connectivity index (χ3v) is 4.24. The van der Waals surface area contributed by atoms with E-state index in [2.05, 4.69) is 49.2 Å². The van der Waals surface area contributed by atoms with Crippen molar-refractivity contribution in [2.45, 2.75) is 39.7 Å². The maximum Gasteiger partial charge on any atom is 0.247 e. The molecular formula is C15H20N2O. The van der Waals surface area contributed by atoms with Gasteiger partial charge in [-0.05, 0) is 42.9 Å². The Morgan fingerprint density at radius 3 is 2.94 bits per heavy atom. The number of hydrogen-bond acceptors (Lipinski definition) is 2. The van der Waals surface area contributed by atoms with E-state index in [0.29, 0.717) is 0 Å². The lowest BCUT2D eigenvalue weighted by Gasteiger charge is -2.49. The maximum absolute atomic E-state index is 12.4. The Labute approximate surface area is 108 Å².